The SMILES string of the molecule is CC(Cc1cccs1)Nc1ccc(N)c(N)c1. The van der Waals surface area contributed by atoms with Crippen LogP contribution in [0.1, 0.15) is 11.8 Å². The van der Waals surface area contributed by atoms with Gasteiger partial charge >= 0.3 is 0 Å². The minimum absolute atomic E-state index is 0.372. The van der Waals surface area contributed by atoms with Gasteiger partial charge in [-0.25, -0.2) is 0 Å². The molecule has 4 heteroatoms. The summed E-state index contributed by atoms with van der Waals surface area (Å²) in [6, 6.07) is 10.3. The predicted molar refractivity (Wildman–Crippen MR) is 76.4 cm³/mol. The zero-order valence-electron chi connectivity index (χ0n) is 9.81. The number of thiophene rings is 1. The average molecular weight is 247 g/mol. The van der Waals surface area contributed by atoms with Crippen molar-refractivity contribution in [3.8, 4) is 0 Å². The standard InChI is InChI=1S/C13H17N3S/c1-9(7-11-3-2-6-17-11)16-10-4-5-12(14)13(15)8-10/h2-6,8-9,16H,7,14-15H2,1H3. The number of benzene rings is 1. The molecular formula is C13H17N3S. The summed E-state index contributed by atoms with van der Waals surface area (Å²) in [5.74, 6) is 0. The van der Waals surface area contributed by atoms with E-state index in [2.05, 4.69) is 29.8 Å². The van der Waals surface area contributed by atoms with Crippen molar-refractivity contribution >= 4 is 28.4 Å². The van der Waals surface area contributed by atoms with Gasteiger partial charge in [0.15, 0.2) is 0 Å². The lowest BCUT2D eigenvalue weighted by molar-refractivity contribution is 0.801. The van der Waals surface area contributed by atoms with Gasteiger partial charge in [-0.15, -0.1) is 11.3 Å². The second-order valence-electron chi connectivity index (χ2n) is 4.17. The van der Waals surface area contributed by atoms with E-state index >= 15 is 0 Å². The normalized spacial score (nSPS) is 12.3. The number of hydrogen-bond acceptors (Lipinski definition) is 4. The molecule has 2 rings (SSSR count). The molecule has 0 aliphatic heterocycles. The Labute approximate surface area is 105 Å². The molecule has 0 amide bonds. The average Bonchev–Trinajstić information content (AvgIpc) is 2.76. The summed E-state index contributed by atoms with van der Waals surface area (Å²) in [5.41, 5.74) is 13.7. The van der Waals surface area contributed by atoms with Gasteiger partial charge in [0, 0.05) is 23.0 Å². The fraction of sp³-hybridized carbons (Fsp3) is 0.231. The first-order chi connectivity index (χ1) is 8.15. The van der Waals surface area contributed by atoms with E-state index in [1.165, 1.54) is 4.88 Å². The van der Waals surface area contributed by atoms with E-state index in [-0.39, 0.29) is 0 Å². The first kappa shape index (κ1) is 11.8. The molecule has 0 radical (unpaired) electrons. The Morgan fingerprint density at radius 1 is 1.24 bits per heavy atom. The third kappa shape index (κ3) is 3.14. The summed E-state index contributed by atoms with van der Waals surface area (Å²) in [5, 5.41) is 5.52. The quantitative estimate of drug-likeness (QED) is 0.728. The maximum absolute atomic E-state index is 5.77. The molecule has 5 N–H and O–H groups in total. The topological polar surface area (TPSA) is 64.1 Å². The number of nitrogen functional groups attached to an aromatic ring is 2. The van der Waals surface area contributed by atoms with Crippen molar-refractivity contribution in [1.82, 2.24) is 0 Å². The first-order valence-electron chi connectivity index (χ1n) is 5.59. The molecule has 1 heterocycles. The molecule has 3 nitrogen and oxygen atoms in total. The summed E-state index contributed by atoms with van der Waals surface area (Å²) in [7, 11) is 0. The number of nitrogens with two attached hydrogens (primary N) is 2. The van der Waals surface area contributed by atoms with Crippen LogP contribution in [0.3, 0.4) is 0 Å². The number of rotatable bonds is 4. The molecule has 17 heavy (non-hydrogen) atoms. The van der Waals surface area contributed by atoms with Crippen molar-refractivity contribution in [2.24, 2.45) is 0 Å². The zero-order valence-corrected chi connectivity index (χ0v) is 10.6. The molecule has 0 saturated heterocycles. The Morgan fingerprint density at radius 2 is 2.06 bits per heavy atom. The minimum atomic E-state index is 0.372. The van der Waals surface area contributed by atoms with Crippen LogP contribution in [0.5, 0.6) is 0 Å². The van der Waals surface area contributed by atoms with Gasteiger partial charge in [0.05, 0.1) is 11.4 Å². The zero-order chi connectivity index (χ0) is 12.3. The third-order valence-electron chi connectivity index (χ3n) is 2.59. The van der Waals surface area contributed by atoms with E-state index in [9.17, 15) is 0 Å². The van der Waals surface area contributed by atoms with Crippen LogP contribution in [0.2, 0.25) is 0 Å². The maximum Gasteiger partial charge on any atom is 0.0568 e. The van der Waals surface area contributed by atoms with Crippen LogP contribution >= 0.6 is 11.3 Å². The van der Waals surface area contributed by atoms with E-state index in [4.69, 9.17) is 11.5 Å². The number of hydrogen-bond donors (Lipinski definition) is 3. The van der Waals surface area contributed by atoms with Gasteiger partial charge in [-0.1, -0.05) is 6.07 Å². The van der Waals surface area contributed by atoms with Crippen LogP contribution in [0, 0.1) is 0 Å². The Hall–Kier alpha value is -1.68. The highest BCUT2D eigenvalue weighted by Crippen LogP contribution is 2.21. The van der Waals surface area contributed by atoms with E-state index < -0.39 is 0 Å². The largest absolute Gasteiger partial charge is 0.397 e. The Bertz CT molecular complexity index is 479. The molecule has 1 aromatic carbocycles. The van der Waals surface area contributed by atoms with Crippen LogP contribution in [-0.4, -0.2) is 6.04 Å². The second kappa shape index (κ2) is 5.10. The van der Waals surface area contributed by atoms with E-state index in [0.29, 0.717) is 17.4 Å². The lowest BCUT2D eigenvalue weighted by Crippen LogP contribution is -2.17. The Balaban J connectivity index is 1.98. The number of anilines is 3. The summed E-state index contributed by atoms with van der Waals surface area (Å²) in [6.07, 6.45) is 1.02. The highest BCUT2D eigenvalue weighted by atomic mass is 32.1. The van der Waals surface area contributed by atoms with E-state index in [1.54, 1.807) is 11.3 Å². The monoisotopic (exact) mass is 247 g/mol. The predicted octanol–water partition coefficient (Wildman–Crippen LogP) is 2.96. The molecule has 2 aromatic rings. The van der Waals surface area contributed by atoms with E-state index in [1.807, 2.05) is 18.2 Å². The summed E-state index contributed by atoms with van der Waals surface area (Å²) < 4.78 is 0. The fourth-order valence-electron chi connectivity index (χ4n) is 1.73. The van der Waals surface area contributed by atoms with Gasteiger partial charge in [0.2, 0.25) is 0 Å². The van der Waals surface area contributed by atoms with Gasteiger partial charge in [-0.3, -0.25) is 0 Å². The van der Waals surface area contributed by atoms with Crippen LogP contribution in [0.15, 0.2) is 35.7 Å². The molecule has 0 aliphatic rings. The highest BCUT2D eigenvalue weighted by Gasteiger charge is 2.05. The smallest absolute Gasteiger partial charge is 0.0568 e. The molecule has 0 fully saturated rings. The van der Waals surface area contributed by atoms with Gasteiger partial charge in [-0.05, 0) is 36.6 Å². The Kier molecular flexibility index (Phi) is 3.54. The summed E-state index contributed by atoms with van der Waals surface area (Å²) in [6.45, 7) is 2.16. The lowest BCUT2D eigenvalue weighted by atomic mass is 10.2. The second-order valence-corrected chi connectivity index (χ2v) is 5.20. The molecule has 1 aromatic heterocycles. The molecule has 0 aliphatic carbocycles. The van der Waals surface area contributed by atoms with Crippen LogP contribution in [-0.2, 0) is 6.42 Å². The highest BCUT2D eigenvalue weighted by molar-refractivity contribution is 7.09. The Morgan fingerprint density at radius 3 is 2.71 bits per heavy atom. The molecular weight excluding hydrogens is 230 g/mol. The molecule has 0 bridgehead atoms. The molecule has 1 atom stereocenters. The van der Waals surface area contributed by atoms with Crippen LogP contribution in [0.4, 0.5) is 17.1 Å². The lowest BCUT2D eigenvalue weighted by Gasteiger charge is -2.15. The van der Waals surface area contributed by atoms with Crippen LogP contribution in [0.25, 0.3) is 0 Å². The van der Waals surface area contributed by atoms with Crippen molar-refractivity contribution in [3.05, 3.63) is 40.6 Å². The van der Waals surface area contributed by atoms with Crippen molar-refractivity contribution in [1.29, 1.82) is 0 Å². The van der Waals surface area contributed by atoms with Gasteiger partial charge in [-0.2, -0.15) is 0 Å². The van der Waals surface area contributed by atoms with Crippen molar-refractivity contribution in [2.75, 3.05) is 16.8 Å². The first-order valence-corrected chi connectivity index (χ1v) is 6.47. The van der Waals surface area contributed by atoms with Crippen molar-refractivity contribution < 1.29 is 0 Å². The molecule has 0 spiro atoms. The summed E-state index contributed by atoms with van der Waals surface area (Å²) in [4.78, 5) is 1.38. The molecule has 1 unspecified atom stereocenters. The number of nitrogens with one attached hydrogen (secondary N) is 1. The van der Waals surface area contributed by atoms with Crippen molar-refractivity contribution in [3.63, 3.8) is 0 Å². The fourth-order valence-corrected chi connectivity index (χ4v) is 2.57. The van der Waals surface area contributed by atoms with Gasteiger partial charge < -0.3 is 16.8 Å². The van der Waals surface area contributed by atoms with Gasteiger partial charge in [0.1, 0.15) is 0 Å². The van der Waals surface area contributed by atoms with Crippen LogP contribution < -0.4 is 16.8 Å². The van der Waals surface area contributed by atoms with E-state index in [0.717, 1.165) is 12.1 Å². The molecule has 0 saturated carbocycles. The maximum atomic E-state index is 5.77. The molecule has 90 valence electrons. The minimum Gasteiger partial charge on any atom is -0.397 e. The summed E-state index contributed by atoms with van der Waals surface area (Å²) >= 11 is 1.78. The van der Waals surface area contributed by atoms with Crippen molar-refractivity contribution in [2.45, 2.75) is 19.4 Å². The van der Waals surface area contributed by atoms with Gasteiger partial charge in [0.25, 0.3) is 0 Å². The third-order valence-corrected chi connectivity index (χ3v) is 3.49.